The van der Waals surface area contributed by atoms with E-state index in [0.717, 1.165) is 12.1 Å². The lowest BCUT2D eigenvalue weighted by Gasteiger charge is -2.15. The van der Waals surface area contributed by atoms with Crippen molar-refractivity contribution >= 4 is 23.4 Å². The highest BCUT2D eigenvalue weighted by atomic mass is 19.3. The predicted molar refractivity (Wildman–Crippen MR) is 81.9 cm³/mol. The number of alkyl halides is 2. The quantitative estimate of drug-likeness (QED) is 0.452. The first kappa shape index (κ1) is 18.8. The second kappa shape index (κ2) is 8.05. The number of amides is 1. The second-order valence-electron chi connectivity index (χ2n) is 4.81. The maximum absolute atomic E-state index is 12.4. The minimum atomic E-state index is -3.09. The van der Waals surface area contributed by atoms with E-state index in [1.165, 1.54) is 31.2 Å². The Morgan fingerprint density at radius 2 is 1.92 bits per heavy atom. The SMILES string of the molecule is CC(OC(=O)c1ccc([N+](=O)[O-])o1)C(=O)Nc1ccccc1OC(F)F. The number of esters is 1. The van der Waals surface area contributed by atoms with Gasteiger partial charge in [-0.05, 0) is 25.1 Å². The van der Waals surface area contributed by atoms with Crippen LogP contribution in [0.15, 0.2) is 40.8 Å². The zero-order valence-corrected chi connectivity index (χ0v) is 13.2. The van der Waals surface area contributed by atoms with Crippen LogP contribution in [0.2, 0.25) is 0 Å². The summed E-state index contributed by atoms with van der Waals surface area (Å²) in [7, 11) is 0. The second-order valence-corrected chi connectivity index (χ2v) is 4.81. The molecule has 9 nitrogen and oxygen atoms in total. The van der Waals surface area contributed by atoms with Crippen molar-refractivity contribution < 1.29 is 37.2 Å². The number of benzene rings is 1. The molecule has 1 N–H and O–H groups in total. The molecule has 26 heavy (non-hydrogen) atoms. The van der Waals surface area contributed by atoms with E-state index in [4.69, 9.17) is 4.74 Å². The number of furan rings is 1. The van der Waals surface area contributed by atoms with Gasteiger partial charge in [0.25, 0.3) is 5.91 Å². The maximum atomic E-state index is 12.4. The van der Waals surface area contributed by atoms with Gasteiger partial charge in [-0.25, -0.2) is 4.79 Å². The molecule has 11 heteroatoms. The molecule has 0 bridgehead atoms. The van der Waals surface area contributed by atoms with Gasteiger partial charge < -0.3 is 19.2 Å². The molecule has 0 aliphatic rings. The number of carbonyl (C=O) groups excluding carboxylic acids is 2. The molecular weight excluding hydrogens is 358 g/mol. The molecule has 0 fully saturated rings. The first-order chi connectivity index (χ1) is 12.3. The Balaban J connectivity index is 2.01. The van der Waals surface area contributed by atoms with Crippen molar-refractivity contribution in [3.8, 4) is 5.75 Å². The van der Waals surface area contributed by atoms with Crippen molar-refractivity contribution in [1.82, 2.24) is 0 Å². The standard InChI is InChI=1S/C15H12F2N2O7/c1-8(24-14(21)11-6-7-12(25-11)19(22)23)13(20)18-9-4-2-3-5-10(9)26-15(16)17/h2-8,15H,1H3,(H,18,20). The Labute approximate surface area is 144 Å². The van der Waals surface area contributed by atoms with E-state index in [2.05, 4.69) is 14.5 Å². The summed E-state index contributed by atoms with van der Waals surface area (Å²) in [4.78, 5) is 33.5. The molecule has 0 aliphatic heterocycles. The molecule has 0 aliphatic carbocycles. The highest BCUT2D eigenvalue weighted by Gasteiger charge is 2.24. The molecular formula is C15H12F2N2O7. The van der Waals surface area contributed by atoms with Gasteiger partial charge in [0, 0.05) is 0 Å². The average molecular weight is 370 g/mol. The van der Waals surface area contributed by atoms with Gasteiger partial charge in [0.1, 0.15) is 10.7 Å². The number of rotatable bonds is 7. The lowest BCUT2D eigenvalue weighted by molar-refractivity contribution is -0.402. The van der Waals surface area contributed by atoms with Crippen LogP contribution in [-0.4, -0.2) is 29.5 Å². The molecule has 1 aromatic carbocycles. The average Bonchev–Trinajstić information content (AvgIpc) is 3.06. The fourth-order valence-corrected chi connectivity index (χ4v) is 1.81. The fourth-order valence-electron chi connectivity index (χ4n) is 1.81. The lowest BCUT2D eigenvalue weighted by atomic mass is 10.2. The number of para-hydroxylation sites is 2. The predicted octanol–water partition coefficient (Wildman–Crippen LogP) is 2.97. The lowest BCUT2D eigenvalue weighted by Crippen LogP contribution is -2.30. The van der Waals surface area contributed by atoms with Gasteiger partial charge in [-0.1, -0.05) is 12.1 Å². The van der Waals surface area contributed by atoms with Crippen molar-refractivity contribution in [2.45, 2.75) is 19.6 Å². The van der Waals surface area contributed by atoms with E-state index < -0.39 is 41.2 Å². The van der Waals surface area contributed by atoms with Crippen LogP contribution in [0.3, 0.4) is 0 Å². The number of anilines is 1. The van der Waals surface area contributed by atoms with Gasteiger partial charge in [-0.2, -0.15) is 8.78 Å². The Kier molecular flexibility index (Phi) is 5.83. The van der Waals surface area contributed by atoms with Crippen LogP contribution in [-0.2, 0) is 9.53 Å². The van der Waals surface area contributed by atoms with Crippen molar-refractivity contribution in [1.29, 1.82) is 0 Å². The third kappa shape index (κ3) is 4.75. The Morgan fingerprint density at radius 3 is 2.54 bits per heavy atom. The van der Waals surface area contributed by atoms with E-state index >= 15 is 0 Å². The number of nitrogens with one attached hydrogen (secondary N) is 1. The van der Waals surface area contributed by atoms with Crippen LogP contribution in [0.1, 0.15) is 17.5 Å². The van der Waals surface area contributed by atoms with Crippen molar-refractivity contribution in [2.24, 2.45) is 0 Å². The number of hydrogen-bond acceptors (Lipinski definition) is 7. The van der Waals surface area contributed by atoms with Gasteiger partial charge in [0.15, 0.2) is 6.10 Å². The summed E-state index contributed by atoms with van der Waals surface area (Å²) in [6, 6.07) is 7.43. The van der Waals surface area contributed by atoms with Gasteiger partial charge >= 0.3 is 18.5 Å². The first-order valence-corrected chi connectivity index (χ1v) is 7.08. The summed E-state index contributed by atoms with van der Waals surface area (Å²) in [6.45, 7) is -1.86. The molecule has 0 saturated carbocycles. The number of ether oxygens (including phenoxy) is 2. The van der Waals surface area contributed by atoms with Crippen LogP contribution in [0.5, 0.6) is 5.75 Å². The van der Waals surface area contributed by atoms with E-state index in [1.807, 2.05) is 0 Å². The zero-order chi connectivity index (χ0) is 19.3. The largest absolute Gasteiger partial charge is 0.447 e. The summed E-state index contributed by atoms with van der Waals surface area (Å²) >= 11 is 0. The zero-order valence-electron chi connectivity index (χ0n) is 13.2. The smallest absolute Gasteiger partial charge is 0.433 e. The molecule has 138 valence electrons. The van der Waals surface area contributed by atoms with Gasteiger partial charge in [0.05, 0.1) is 11.8 Å². The number of hydrogen-bond donors (Lipinski definition) is 1. The number of nitro groups is 1. The van der Waals surface area contributed by atoms with E-state index in [1.54, 1.807) is 0 Å². The number of carbonyl (C=O) groups is 2. The van der Waals surface area contributed by atoms with Crippen molar-refractivity contribution in [3.63, 3.8) is 0 Å². The normalized spacial score (nSPS) is 11.7. The molecule has 1 atom stereocenters. The van der Waals surface area contributed by atoms with Crippen LogP contribution in [0.4, 0.5) is 20.4 Å². The van der Waals surface area contributed by atoms with E-state index in [0.29, 0.717) is 0 Å². The highest BCUT2D eigenvalue weighted by Crippen LogP contribution is 2.26. The highest BCUT2D eigenvalue weighted by molar-refractivity contribution is 5.97. The third-order valence-electron chi connectivity index (χ3n) is 2.99. The minimum Gasteiger partial charge on any atom is -0.447 e. The summed E-state index contributed by atoms with van der Waals surface area (Å²) in [6.07, 6.45) is -1.34. The fraction of sp³-hybridized carbons (Fsp3) is 0.200. The molecule has 1 aromatic heterocycles. The molecule has 1 heterocycles. The molecule has 0 saturated heterocycles. The Bertz CT molecular complexity index is 822. The molecule has 1 amide bonds. The van der Waals surface area contributed by atoms with E-state index in [-0.39, 0.29) is 11.4 Å². The van der Waals surface area contributed by atoms with E-state index in [9.17, 15) is 28.5 Å². The Morgan fingerprint density at radius 1 is 1.23 bits per heavy atom. The molecule has 0 radical (unpaired) electrons. The molecule has 0 spiro atoms. The topological polar surface area (TPSA) is 121 Å². The van der Waals surface area contributed by atoms with Crippen molar-refractivity contribution in [3.05, 3.63) is 52.3 Å². The molecule has 2 rings (SSSR count). The maximum Gasteiger partial charge on any atom is 0.433 e. The number of nitrogens with zero attached hydrogens (tertiary/aromatic N) is 1. The summed E-state index contributed by atoms with van der Waals surface area (Å²) in [5, 5.41) is 12.8. The van der Waals surface area contributed by atoms with Gasteiger partial charge in [0.2, 0.25) is 5.76 Å². The third-order valence-corrected chi connectivity index (χ3v) is 2.99. The van der Waals surface area contributed by atoms with Crippen LogP contribution in [0, 0.1) is 10.1 Å². The number of halogens is 2. The summed E-state index contributed by atoms with van der Waals surface area (Å²) in [5.41, 5.74) is -0.0469. The summed E-state index contributed by atoms with van der Waals surface area (Å²) in [5.74, 6) is -3.32. The minimum absolute atomic E-state index is 0.0469. The van der Waals surface area contributed by atoms with Gasteiger partial charge in [-0.15, -0.1) is 0 Å². The van der Waals surface area contributed by atoms with Crippen LogP contribution in [0.25, 0.3) is 0 Å². The van der Waals surface area contributed by atoms with Crippen LogP contribution < -0.4 is 10.1 Å². The van der Waals surface area contributed by atoms with Crippen LogP contribution >= 0.6 is 0 Å². The van der Waals surface area contributed by atoms with Gasteiger partial charge in [-0.3, -0.25) is 14.9 Å². The monoisotopic (exact) mass is 370 g/mol. The summed E-state index contributed by atoms with van der Waals surface area (Å²) < 4.78 is 38.5. The molecule has 1 unspecified atom stereocenters. The van der Waals surface area contributed by atoms with Crippen molar-refractivity contribution in [2.75, 3.05) is 5.32 Å². The molecule has 2 aromatic rings. The first-order valence-electron chi connectivity index (χ1n) is 7.08. The Hall–Kier alpha value is -3.50.